The topological polar surface area (TPSA) is 102 Å². The van der Waals surface area contributed by atoms with Gasteiger partial charge in [-0.1, -0.05) is 30.3 Å². The lowest BCUT2D eigenvalue weighted by molar-refractivity contribution is -0.132. The standard InChI is InChI=1S/C29H27NO7/c1-17(2)37-29(34)19-10-12-20(13-11-19)30-25(18-8-6-5-7-9-18)24(27(32)28(30)33)26(31)22-15-14-21(35-3)16-23(22)36-4/h5-17,25,31H,1-4H3/b26-24-. The highest BCUT2D eigenvalue weighted by Gasteiger charge is 2.47. The number of esters is 1. The molecular weight excluding hydrogens is 474 g/mol. The van der Waals surface area contributed by atoms with Gasteiger partial charge in [-0.05, 0) is 55.8 Å². The zero-order valence-electron chi connectivity index (χ0n) is 20.9. The van der Waals surface area contributed by atoms with E-state index in [1.807, 2.05) is 6.07 Å². The minimum atomic E-state index is -0.915. The van der Waals surface area contributed by atoms with Gasteiger partial charge in [-0.2, -0.15) is 0 Å². The van der Waals surface area contributed by atoms with E-state index in [4.69, 9.17) is 14.2 Å². The maximum absolute atomic E-state index is 13.4. The maximum atomic E-state index is 13.4. The predicted octanol–water partition coefficient (Wildman–Crippen LogP) is 4.90. The Balaban J connectivity index is 1.85. The lowest BCUT2D eigenvalue weighted by atomic mass is 9.94. The van der Waals surface area contributed by atoms with Crippen molar-refractivity contribution in [2.75, 3.05) is 19.1 Å². The Hall–Kier alpha value is -4.59. The van der Waals surface area contributed by atoms with Gasteiger partial charge < -0.3 is 19.3 Å². The lowest BCUT2D eigenvalue weighted by Gasteiger charge is -2.25. The Kier molecular flexibility index (Phi) is 7.29. The molecule has 3 aromatic carbocycles. The summed E-state index contributed by atoms with van der Waals surface area (Å²) in [6, 6.07) is 19.0. The van der Waals surface area contributed by atoms with Crippen molar-refractivity contribution in [3.8, 4) is 11.5 Å². The third-order valence-corrected chi connectivity index (χ3v) is 5.95. The van der Waals surface area contributed by atoms with Crippen molar-refractivity contribution >= 4 is 29.1 Å². The summed E-state index contributed by atoms with van der Waals surface area (Å²) in [5.74, 6) is -1.72. The molecule has 1 amide bonds. The van der Waals surface area contributed by atoms with E-state index in [1.165, 1.54) is 31.3 Å². The second kappa shape index (κ2) is 10.6. The van der Waals surface area contributed by atoms with Crippen LogP contribution in [-0.2, 0) is 14.3 Å². The van der Waals surface area contributed by atoms with Crippen LogP contribution in [0.25, 0.3) is 5.76 Å². The van der Waals surface area contributed by atoms with Gasteiger partial charge in [0, 0.05) is 11.8 Å². The molecule has 1 heterocycles. The van der Waals surface area contributed by atoms with Crippen LogP contribution in [0, 0.1) is 0 Å². The number of benzene rings is 3. The summed E-state index contributed by atoms with van der Waals surface area (Å²) in [7, 11) is 2.94. The number of amides is 1. The maximum Gasteiger partial charge on any atom is 0.338 e. The van der Waals surface area contributed by atoms with E-state index in [9.17, 15) is 19.5 Å². The van der Waals surface area contributed by atoms with Crippen molar-refractivity contribution < 1.29 is 33.7 Å². The molecule has 8 heteroatoms. The second-order valence-corrected chi connectivity index (χ2v) is 8.65. The van der Waals surface area contributed by atoms with Crippen LogP contribution >= 0.6 is 0 Å². The van der Waals surface area contributed by atoms with Gasteiger partial charge in [-0.25, -0.2) is 4.79 Å². The number of anilines is 1. The summed E-state index contributed by atoms with van der Waals surface area (Å²) in [6.45, 7) is 3.51. The fraction of sp³-hybridized carbons (Fsp3) is 0.207. The number of carbonyl (C=O) groups excluding carboxylic acids is 3. The van der Waals surface area contributed by atoms with Crippen LogP contribution in [0.15, 0.2) is 78.4 Å². The first-order valence-corrected chi connectivity index (χ1v) is 11.7. The normalized spacial score (nSPS) is 16.7. The number of ether oxygens (including phenoxy) is 3. The summed E-state index contributed by atoms with van der Waals surface area (Å²) in [5.41, 5.74) is 1.49. The van der Waals surface area contributed by atoms with Crippen molar-refractivity contribution in [1.82, 2.24) is 0 Å². The molecule has 0 bridgehead atoms. The van der Waals surface area contributed by atoms with Crippen LogP contribution in [0.2, 0.25) is 0 Å². The van der Waals surface area contributed by atoms with Crippen LogP contribution in [0.5, 0.6) is 11.5 Å². The first kappa shape index (κ1) is 25.5. The average Bonchev–Trinajstić information content (AvgIpc) is 3.18. The quantitative estimate of drug-likeness (QED) is 0.213. The van der Waals surface area contributed by atoms with Gasteiger partial charge in [-0.15, -0.1) is 0 Å². The Bertz CT molecular complexity index is 1360. The zero-order chi connectivity index (χ0) is 26.7. The van der Waals surface area contributed by atoms with Crippen LogP contribution in [0.4, 0.5) is 5.69 Å². The highest BCUT2D eigenvalue weighted by Crippen LogP contribution is 2.43. The van der Waals surface area contributed by atoms with Crippen molar-refractivity contribution in [1.29, 1.82) is 0 Å². The lowest BCUT2D eigenvalue weighted by Crippen LogP contribution is -2.29. The Labute approximate surface area is 214 Å². The van der Waals surface area contributed by atoms with E-state index in [2.05, 4.69) is 0 Å². The number of aliphatic hydroxyl groups excluding tert-OH is 1. The number of methoxy groups -OCH3 is 2. The molecule has 37 heavy (non-hydrogen) atoms. The predicted molar refractivity (Wildman–Crippen MR) is 138 cm³/mol. The number of carbonyl (C=O) groups is 3. The molecule has 1 N–H and O–H groups in total. The first-order valence-electron chi connectivity index (χ1n) is 11.7. The fourth-order valence-corrected chi connectivity index (χ4v) is 4.23. The second-order valence-electron chi connectivity index (χ2n) is 8.65. The summed E-state index contributed by atoms with van der Waals surface area (Å²) in [4.78, 5) is 40.3. The third kappa shape index (κ3) is 4.91. The molecule has 0 saturated carbocycles. The number of ketones is 1. The molecule has 3 aromatic rings. The van der Waals surface area contributed by atoms with E-state index in [1.54, 1.807) is 68.4 Å². The molecule has 0 aliphatic carbocycles. The van der Waals surface area contributed by atoms with Gasteiger partial charge in [0.25, 0.3) is 11.7 Å². The molecule has 0 spiro atoms. The van der Waals surface area contributed by atoms with Crippen LogP contribution in [0.1, 0.15) is 41.4 Å². The Morgan fingerprint density at radius 2 is 1.59 bits per heavy atom. The summed E-state index contributed by atoms with van der Waals surface area (Å²) >= 11 is 0. The molecule has 1 aliphatic rings. The smallest absolute Gasteiger partial charge is 0.338 e. The first-order chi connectivity index (χ1) is 17.8. The molecule has 1 fully saturated rings. The van der Waals surface area contributed by atoms with Crippen molar-refractivity contribution in [3.63, 3.8) is 0 Å². The molecule has 1 unspecified atom stereocenters. The number of nitrogens with zero attached hydrogens (tertiary/aromatic N) is 1. The SMILES string of the molecule is COc1ccc(/C(O)=C2/C(=O)C(=O)N(c3ccc(C(=O)OC(C)C)cc3)C2c2ccccc2)c(OC)c1. The minimum Gasteiger partial charge on any atom is -0.507 e. The molecular formula is C29H27NO7. The van der Waals surface area contributed by atoms with Crippen molar-refractivity contribution in [3.05, 3.63) is 95.1 Å². The molecule has 4 rings (SSSR count). The largest absolute Gasteiger partial charge is 0.507 e. The van der Waals surface area contributed by atoms with E-state index >= 15 is 0 Å². The summed E-state index contributed by atoms with van der Waals surface area (Å²) < 4.78 is 15.9. The van der Waals surface area contributed by atoms with E-state index in [0.717, 1.165) is 0 Å². The summed E-state index contributed by atoms with van der Waals surface area (Å²) in [6.07, 6.45) is -0.280. The average molecular weight is 502 g/mol. The molecule has 1 aliphatic heterocycles. The van der Waals surface area contributed by atoms with E-state index in [0.29, 0.717) is 22.6 Å². The third-order valence-electron chi connectivity index (χ3n) is 5.95. The highest BCUT2D eigenvalue weighted by molar-refractivity contribution is 6.51. The van der Waals surface area contributed by atoms with Gasteiger partial charge in [0.05, 0.1) is 43.1 Å². The molecule has 1 saturated heterocycles. The van der Waals surface area contributed by atoms with Crippen LogP contribution in [0.3, 0.4) is 0 Å². The molecule has 190 valence electrons. The van der Waals surface area contributed by atoms with Crippen molar-refractivity contribution in [2.45, 2.75) is 26.0 Å². The number of rotatable bonds is 7. The van der Waals surface area contributed by atoms with Crippen molar-refractivity contribution in [2.24, 2.45) is 0 Å². The Morgan fingerprint density at radius 3 is 2.19 bits per heavy atom. The van der Waals surface area contributed by atoms with Crippen LogP contribution < -0.4 is 14.4 Å². The highest BCUT2D eigenvalue weighted by atomic mass is 16.5. The van der Waals surface area contributed by atoms with Crippen LogP contribution in [-0.4, -0.2) is 43.1 Å². The summed E-state index contributed by atoms with van der Waals surface area (Å²) in [5, 5.41) is 11.4. The number of aliphatic hydroxyl groups is 1. The van der Waals surface area contributed by atoms with Gasteiger partial charge in [0.2, 0.25) is 0 Å². The van der Waals surface area contributed by atoms with E-state index < -0.39 is 23.7 Å². The van der Waals surface area contributed by atoms with Gasteiger partial charge >= 0.3 is 5.97 Å². The molecule has 0 aromatic heterocycles. The van der Waals surface area contributed by atoms with E-state index in [-0.39, 0.29) is 28.7 Å². The van der Waals surface area contributed by atoms with Gasteiger partial charge in [0.15, 0.2) is 0 Å². The molecule has 0 radical (unpaired) electrons. The molecule has 8 nitrogen and oxygen atoms in total. The van der Waals surface area contributed by atoms with Gasteiger partial charge in [-0.3, -0.25) is 14.5 Å². The minimum absolute atomic E-state index is 0.0806. The number of hydrogen-bond acceptors (Lipinski definition) is 7. The number of hydrogen-bond donors (Lipinski definition) is 1. The Morgan fingerprint density at radius 1 is 0.919 bits per heavy atom. The van der Waals surface area contributed by atoms with Gasteiger partial charge in [0.1, 0.15) is 17.3 Å². The monoisotopic (exact) mass is 501 g/mol. The number of Topliss-reactive ketones (excluding diaryl/α,β-unsaturated/α-hetero) is 1. The molecule has 1 atom stereocenters. The fourth-order valence-electron chi connectivity index (χ4n) is 4.23. The zero-order valence-corrected chi connectivity index (χ0v) is 20.9.